The largest absolute Gasteiger partial charge is 0.493 e. The summed E-state index contributed by atoms with van der Waals surface area (Å²) in [6.07, 6.45) is 0.242. The van der Waals surface area contributed by atoms with E-state index in [1.807, 2.05) is 60.4 Å². The van der Waals surface area contributed by atoms with E-state index in [0.29, 0.717) is 31.0 Å². The second-order valence-electron chi connectivity index (χ2n) is 6.51. The van der Waals surface area contributed by atoms with Gasteiger partial charge in [-0.15, -0.1) is 0 Å². The lowest BCUT2D eigenvalue weighted by Crippen LogP contribution is -2.46. The summed E-state index contributed by atoms with van der Waals surface area (Å²) in [5.41, 5.74) is 2.01. The van der Waals surface area contributed by atoms with Crippen LogP contribution in [0.3, 0.4) is 0 Å². The first-order valence-electron chi connectivity index (χ1n) is 8.79. The molecule has 2 aromatic carbocycles. The fourth-order valence-corrected chi connectivity index (χ4v) is 3.28. The van der Waals surface area contributed by atoms with Gasteiger partial charge in [0.1, 0.15) is 6.10 Å². The van der Waals surface area contributed by atoms with Crippen molar-refractivity contribution in [2.24, 2.45) is 0 Å². The van der Waals surface area contributed by atoms with Gasteiger partial charge in [-0.25, -0.2) is 0 Å². The summed E-state index contributed by atoms with van der Waals surface area (Å²) in [6.45, 7) is 3.18. The molecular weight excluding hydrogens is 330 g/mol. The molecule has 2 atom stereocenters. The van der Waals surface area contributed by atoms with E-state index in [1.165, 1.54) is 0 Å². The van der Waals surface area contributed by atoms with Crippen LogP contribution in [-0.2, 0) is 16.0 Å². The molecule has 0 N–H and O–H groups in total. The van der Waals surface area contributed by atoms with Gasteiger partial charge in [0.25, 0.3) is 0 Å². The van der Waals surface area contributed by atoms with E-state index in [4.69, 9.17) is 14.2 Å². The SMILES string of the molecule is COc1ccc(CC(=O)N2CC(C)OC(c3ccccc3)C2)cc1OC. The van der Waals surface area contributed by atoms with E-state index < -0.39 is 0 Å². The third-order valence-electron chi connectivity index (χ3n) is 4.59. The second kappa shape index (κ2) is 8.23. The molecule has 0 saturated carbocycles. The number of carbonyl (C=O) groups is 1. The predicted octanol–water partition coefficient (Wildman–Crippen LogP) is 3.23. The Bertz CT molecular complexity index is 747. The summed E-state index contributed by atoms with van der Waals surface area (Å²) in [5.74, 6) is 1.39. The van der Waals surface area contributed by atoms with Gasteiger partial charge in [-0.3, -0.25) is 4.79 Å². The van der Waals surface area contributed by atoms with E-state index in [1.54, 1.807) is 14.2 Å². The van der Waals surface area contributed by atoms with Crippen molar-refractivity contribution >= 4 is 5.91 Å². The van der Waals surface area contributed by atoms with Crippen molar-refractivity contribution in [3.8, 4) is 11.5 Å². The predicted molar refractivity (Wildman–Crippen MR) is 99.6 cm³/mol. The molecule has 1 aliphatic heterocycles. The number of nitrogens with zero attached hydrogens (tertiary/aromatic N) is 1. The van der Waals surface area contributed by atoms with Crippen LogP contribution >= 0.6 is 0 Å². The Balaban J connectivity index is 1.71. The maximum absolute atomic E-state index is 12.8. The maximum Gasteiger partial charge on any atom is 0.227 e. The Morgan fingerprint density at radius 2 is 1.81 bits per heavy atom. The molecule has 5 heteroatoms. The molecule has 1 heterocycles. The Hall–Kier alpha value is -2.53. The molecule has 0 aliphatic carbocycles. The molecule has 1 saturated heterocycles. The Kier molecular flexibility index (Phi) is 5.78. The number of morpholine rings is 1. The van der Waals surface area contributed by atoms with Crippen molar-refractivity contribution in [3.63, 3.8) is 0 Å². The molecule has 0 radical (unpaired) electrons. The van der Waals surface area contributed by atoms with Gasteiger partial charge >= 0.3 is 0 Å². The molecule has 5 nitrogen and oxygen atoms in total. The number of ether oxygens (including phenoxy) is 3. The zero-order valence-electron chi connectivity index (χ0n) is 15.5. The number of rotatable bonds is 5. The molecule has 1 aliphatic rings. The summed E-state index contributed by atoms with van der Waals surface area (Å²) in [4.78, 5) is 14.7. The third-order valence-corrected chi connectivity index (χ3v) is 4.59. The highest BCUT2D eigenvalue weighted by atomic mass is 16.5. The highest BCUT2D eigenvalue weighted by Gasteiger charge is 2.29. The first-order valence-corrected chi connectivity index (χ1v) is 8.79. The van der Waals surface area contributed by atoms with Crippen molar-refractivity contribution in [3.05, 3.63) is 59.7 Å². The minimum atomic E-state index is -0.0886. The average molecular weight is 355 g/mol. The van der Waals surface area contributed by atoms with Crippen LogP contribution in [0.4, 0.5) is 0 Å². The van der Waals surface area contributed by atoms with Crippen LogP contribution in [0.15, 0.2) is 48.5 Å². The van der Waals surface area contributed by atoms with E-state index in [9.17, 15) is 4.79 Å². The normalized spacial score (nSPS) is 19.9. The first kappa shape index (κ1) is 18.3. The van der Waals surface area contributed by atoms with Crippen LogP contribution in [0.1, 0.15) is 24.2 Å². The third kappa shape index (κ3) is 4.17. The molecular formula is C21H25NO4. The summed E-state index contributed by atoms with van der Waals surface area (Å²) in [5, 5.41) is 0. The number of hydrogen-bond acceptors (Lipinski definition) is 4. The molecule has 0 aromatic heterocycles. The Labute approximate surface area is 154 Å². The van der Waals surface area contributed by atoms with Gasteiger partial charge in [-0.1, -0.05) is 36.4 Å². The van der Waals surface area contributed by atoms with Gasteiger partial charge in [0.2, 0.25) is 5.91 Å². The van der Waals surface area contributed by atoms with Gasteiger partial charge < -0.3 is 19.1 Å². The van der Waals surface area contributed by atoms with Crippen LogP contribution in [-0.4, -0.2) is 44.2 Å². The van der Waals surface area contributed by atoms with Crippen molar-refractivity contribution in [2.45, 2.75) is 25.6 Å². The molecule has 1 amide bonds. The lowest BCUT2D eigenvalue weighted by molar-refractivity contribution is -0.144. The second-order valence-corrected chi connectivity index (χ2v) is 6.51. The van der Waals surface area contributed by atoms with Crippen molar-refractivity contribution < 1.29 is 19.0 Å². The highest BCUT2D eigenvalue weighted by molar-refractivity contribution is 5.79. The van der Waals surface area contributed by atoms with Crippen molar-refractivity contribution in [1.29, 1.82) is 0 Å². The van der Waals surface area contributed by atoms with Gasteiger partial charge in [0.05, 0.1) is 33.3 Å². The monoisotopic (exact) mass is 355 g/mol. The number of methoxy groups -OCH3 is 2. The summed E-state index contributed by atoms with van der Waals surface area (Å²) in [7, 11) is 3.19. The fraction of sp³-hybridized carbons (Fsp3) is 0.381. The quantitative estimate of drug-likeness (QED) is 0.826. The van der Waals surface area contributed by atoms with Gasteiger partial charge in [0, 0.05) is 6.54 Å². The number of carbonyl (C=O) groups excluding carboxylic acids is 1. The zero-order chi connectivity index (χ0) is 18.5. The molecule has 2 aromatic rings. The van der Waals surface area contributed by atoms with Gasteiger partial charge in [0.15, 0.2) is 11.5 Å². The number of hydrogen-bond donors (Lipinski definition) is 0. The molecule has 2 unspecified atom stereocenters. The minimum Gasteiger partial charge on any atom is -0.493 e. The molecule has 0 spiro atoms. The molecule has 3 rings (SSSR count). The first-order chi connectivity index (χ1) is 12.6. The summed E-state index contributed by atoms with van der Waals surface area (Å²) >= 11 is 0. The number of amides is 1. The number of benzene rings is 2. The van der Waals surface area contributed by atoms with Crippen molar-refractivity contribution in [1.82, 2.24) is 4.90 Å². The average Bonchev–Trinajstić information content (AvgIpc) is 2.68. The summed E-state index contributed by atoms with van der Waals surface area (Å²) in [6, 6.07) is 15.6. The van der Waals surface area contributed by atoms with Crippen LogP contribution < -0.4 is 9.47 Å². The topological polar surface area (TPSA) is 48.0 Å². The maximum atomic E-state index is 12.8. The molecule has 138 valence electrons. The summed E-state index contributed by atoms with van der Waals surface area (Å²) < 4.78 is 16.6. The Morgan fingerprint density at radius 3 is 2.50 bits per heavy atom. The van der Waals surface area contributed by atoms with Gasteiger partial charge in [-0.2, -0.15) is 0 Å². The standard InChI is InChI=1S/C21H25NO4/c1-15-13-22(14-20(26-15)17-7-5-4-6-8-17)21(23)12-16-9-10-18(24-2)19(11-16)25-3/h4-11,15,20H,12-14H2,1-3H3. The fourth-order valence-electron chi connectivity index (χ4n) is 3.28. The highest BCUT2D eigenvalue weighted by Crippen LogP contribution is 2.29. The van der Waals surface area contributed by atoms with Crippen LogP contribution in [0.2, 0.25) is 0 Å². The smallest absolute Gasteiger partial charge is 0.227 e. The Morgan fingerprint density at radius 1 is 1.08 bits per heavy atom. The minimum absolute atomic E-state index is 0.00306. The van der Waals surface area contributed by atoms with E-state index in [2.05, 4.69) is 0 Å². The van der Waals surface area contributed by atoms with Crippen molar-refractivity contribution in [2.75, 3.05) is 27.3 Å². The van der Waals surface area contributed by atoms with Gasteiger partial charge in [-0.05, 0) is 30.2 Å². The van der Waals surface area contributed by atoms with Crippen LogP contribution in [0.25, 0.3) is 0 Å². The molecule has 26 heavy (non-hydrogen) atoms. The van der Waals surface area contributed by atoms with Crippen LogP contribution in [0.5, 0.6) is 11.5 Å². The molecule has 1 fully saturated rings. The van der Waals surface area contributed by atoms with Crippen LogP contribution in [0, 0.1) is 0 Å². The van der Waals surface area contributed by atoms with E-state index in [0.717, 1.165) is 11.1 Å². The lowest BCUT2D eigenvalue weighted by Gasteiger charge is -2.37. The van der Waals surface area contributed by atoms with E-state index in [-0.39, 0.29) is 18.1 Å². The lowest BCUT2D eigenvalue weighted by atomic mass is 10.1. The van der Waals surface area contributed by atoms with E-state index >= 15 is 0 Å². The molecule has 0 bridgehead atoms. The zero-order valence-corrected chi connectivity index (χ0v) is 15.5.